The molecule has 0 N–H and O–H groups in total. The second-order valence-electron chi connectivity index (χ2n) is 10.2. The average Bonchev–Trinajstić information content (AvgIpc) is 2.38. The lowest BCUT2D eigenvalue weighted by Gasteiger charge is -2.69. The largest absolute Gasteiger partial charge is 0.0649 e. The van der Waals surface area contributed by atoms with E-state index in [-0.39, 0.29) is 16.2 Å². The van der Waals surface area contributed by atoms with Crippen LogP contribution in [-0.2, 0) is 0 Å². The molecule has 0 amide bonds. The highest BCUT2D eigenvalue weighted by molar-refractivity contribution is 5.12. The molecule has 0 radical (unpaired) electrons. The zero-order chi connectivity index (χ0) is 18.2. The summed E-state index contributed by atoms with van der Waals surface area (Å²) >= 11 is 0. The van der Waals surface area contributed by atoms with Crippen molar-refractivity contribution < 1.29 is 0 Å². The molecule has 0 aromatic rings. The van der Waals surface area contributed by atoms with Gasteiger partial charge in [0, 0.05) is 0 Å². The molecular weight excluding hydrogens is 264 g/mol. The number of rotatable bonds is 8. The van der Waals surface area contributed by atoms with Crippen LogP contribution in [0.4, 0.5) is 0 Å². The first kappa shape index (κ1) is 22.0. The lowest BCUT2D eigenvalue weighted by Crippen LogP contribution is -2.62. The van der Waals surface area contributed by atoms with E-state index in [9.17, 15) is 0 Å². The maximum absolute atomic E-state index is 2.56. The first-order chi connectivity index (χ1) is 9.63. The first-order valence-electron chi connectivity index (χ1n) is 9.63. The Balaban J connectivity index is 6.74. The fourth-order valence-corrected chi connectivity index (χ4v) is 5.71. The molecule has 0 fully saturated rings. The highest BCUT2D eigenvalue weighted by Gasteiger charge is 2.64. The smallest absolute Gasteiger partial charge is 0.0139 e. The third-order valence-corrected chi connectivity index (χ3v) is 8.76. The van der Waals surface area contributed by atoms with Crippen molar-refractivity contribution in [2.45, 2.75) is 109 Å². The van der Waals surface area contributed by atoms with Gasteiger partial charge >= 0.3 is 0 Å². The fourth-order valence-electron chi connectivity index (χ4n) is 5.71. The Labute approximate surface area is 142 Å². The van der Waals surface area contributed by atoms with E-state index < -0.39 is 0 Å². The number of hydrogen-bond acceptors (Lipinski definition) is 0. The Bertz CT molecular complexity index is 354. The predicted molar refractivity (Wildman–Crippen MR) is 103 cm³/mol. The van der Waals surface area contributed by atoms with Crippen molar-refractivity contribution in [3.05, 3.63) is 0 Å². The van der Waals surface area contributed by atoms with Crippen molar-refractivity contribution in [3.63, 3.8) is 0 Å². The van der Waals surface area contributed by atoms with Crippen LogP contribution in [0, 0.1) is 33.0 Å². The monoisotopic (exact) mass is 310 g/mol. The predicted octanol–water partition coefficient (Wildman–Crippen LogP) is 7.96. The standard InChI is InChI=1S/C22H46/c1-14-18(6,7)21(12,13)22(16-3,19(8,9)15-2)20(10,11)17(4)5/h17H,14-16H2,1-13H3. The van der Waals surface area contributed by atoms with Crippen LogP contribution in [0.2, 0.25) is 0 Å². The highest BCUT2D eigenvalue weighted by atomic mass is 14.7. The van der Waals surface area contributed by atoms with E-state index in [1.54, 1.807) is 0 Å². The van der Waals surface area contributed by atoms with Gasteiger partial charge in [0.15, 0.2) is 0 Å². The van der Waals surface area contributed by atoms with Gasteiger partial charge in [-0.15, -0.1) is 0 Å². The van der Waals surface area contributed by atoms with E-state index in [1.165, 1.54) is 19.3 Å². The second kappa shape index (κ2) is 6.48. The zero-order valence-electron chi connectivity index (χ0n) is 18.2. The Kier molecular flexibility index (Phi) is 6.48. The molecule has 0 aromatic carbocycles. The minimum absolute atomic E-state index is 0.261. The van der Waals surface area contributed by atoms with Crippen LogP contribution in [-0.4, -0.2) is 0 Å². The molecule has 0 aliphatic rings. The molecule has 0 nitrogen and oxygen atoms in total. The van der Waals surface area contributed by atoms with Gasteiger partial charge in [-0.05, 0) is 39.4 Å². The molecule has 0 rings (SSSR count). The van der Waals surface area contributed by atoms with E-state index >= 15 is 0 Å². The molecule has 0 aliphatic carbocycles. The van der Waals surface area contributed by atoms with Gasteiger partial charge in [0.25, 0.3) is 0 Å². The van der Waals surface area contributed by atoms with Gasteiger partial charge < -0.3 is 0 Å². The highest BCUT2D eigenvalue weighted by Crippen LogP contribution is 2.71. The summed E-state index contributed by atoms with van der Waals surface area (Å²) in [5.41, 5.74) is 1.47. The molecule has 0 saturated heterocycles. The van der Waals surface area contributed by atoms with Gasteiger partial charge in [-0.25, -0.2) is 0 Å². The summed E-state index contributed by atoms with van der Waals surface area (Å²) in [6.07, 6.45) is 3.71. The Morgan fingerprint density at radius 2 is 0.955 bits per heavy atom. The molecule has 0 spiro atoms. The van der Waals surface area contributed by atoms with Crippen LogP contribution in [0.3, 0.4) is 0 Å². The van der Waals surface area contributed by atoms with Gasteiger partial charge in [-0.3, -0.25) is 0 Å². The SMILES string of the molecule is CCC(C)(C)C(C)(C)C(CC)(C(C)(C)CC)C(C)(C)C(C)C. The molecule has 0 aromatic heterocycles. The lowest BCUT2D eigenvalue weighted by molar-refractivity contribution is -0.207. The van der Waals surface area contributed by atoms with Gasteiger partial charge in [-0.2, -0.15) is 0 Å². The molecule has 22 heavy (non-hydrogen) atoms. The molecule has 0 bridgehead atoms. The third-order valence-electron chi connectivity index (χ3n) is 8.76. The van der Waals surface area contributed by atoms with Crippen LogP contribution >= 0.6 is 0 Å². The lowest BCUT2D eigenvalue weighted by atomic mass is 9.35. The summed E-state index contributed by atoms with van der Waals surface area (Å²) in [5, 5.41) is 0. The molecule has 0 heteroatoms. The summed E-state index contributed by atoms with van der Waals surface area (Å²) in [5.74, 6) is 0.671. The zero-order valence-corrected chi connectivity index (χ0v) is 18.2. The average molecular weight is 311 g/mol. The van der Waals surface area contributed by atoms with Crippen molar-refractivity contribution in [2.75, 3.05) is 0 Å². The van der Waals surface area contributed by atoms with Gasteiger partial charge in [0.05, 0.1) is 0 Å². The first-order valence-corrected chi connectivity index (χ1v) is 9.63. The van der Waals surface area contributed by atoms with Crippen molar-refractivity contribution in [3.8, 4) is 0 Å². The second-order valence-corrected chi connectivity index (χ2v) is 10.2. The van der Waals surface area contributed by atoms with E-state index in [2.05, 4.69) is 90.0 Å². The van der Waals surface area contributed by atoms with Gasteiger partial charge in [-0.1, -0.05) is 103 Å². The molecule has 134 valence electrons. The molecule has 0 aliphatic heterocycles. The van der Waals surface area contributed by atoms with E-state index in [0.29, 0.717) is 16.7 Å². The van der Waals surface area contributed by atoms with Crippen molar-refractivity contribution >= 4 is 0 Å². The normalized spacial score (nSPS) is 17.7. The Hall–Kier alpha value is 0. The van der Waals surface area contributed by atoms with E-state index in [4.69, 9.17) is 0 Å². The van der Waals surface area contributed by atoms with E-state index in [1.807, 2.05) is 0 Å². The summed E-state index contributed by atoms with van der Waals surface area (Å²) < 4.78 is 0. The maximum Gasteiger partial charge on any atom is -0.0139 e. The Morgan fingerprint density at radius 1 is 0.591 bits per heavy atom. The molecule has 1 atom stereocenters. The topological polar surface area (TPSA) is 0 Å². The summed E-state index contributed by atoms with van der Waals surface area (Å²) in [4.78, 5) is 0. The molecular formula is C22H46. The van der Waals surface area contributed by atoms with Crippen LogP contribution in [0.1, 0.15) is 109 Å². The van der Waals surface area contributed by atoms with Crippen molar-refractivity contribution in [1.29, 1.82) is 0 Å². The van der Waals surface area contributed by atoms with Crippen molar-refractivity contribution in [1.82, 2.24) is 0 Å². The summed E-state index contributed by atoms with van der Waals surface area (Å²) in [7, 11) is 0. The van der Waals surface area contributed by atoms with Gasteiger partial charge in [0.1, 0.15) is 0 Å². The van der Waals surface area contributed by atoms with Crippen molar-refractivity contribution in [2.24, 2.45) is 33.0 Å². The van der Waals surface area contributed by atoms with Crippen LogP contribution < -0.4 is 0 Å². The van der Waals surface area contributed by atoms with Crippen LogP contribution in [0.25, 0.3) is 0 Å². The van der Waals surface area contributed by atoms with Crippen LogP contribution in [0.5, 0.6) is 0 Å². The van der Waals surface area contributed by atoms with E-state index in [0.717, 1.165) is 0 Å². The fraction of sp³-hybridized carbons (Fsp3) is 1.00. The molecule has 1 unspecified atom stereocenters. The quantitative estimate of drug-likeness (QED) is 0.426. The van der Waals surface area contributed by atoms with Crippen LogP contribution in [0.15, 0.2) is 0 Å². The van der Waals surface area contributed by atoms with Gasteiger partial charge in [0.2, 0.25) is 0 Å². The Morgan fingerprint density at radius 3 is 1.18 bits per heavy atom. The molecule has 0 heterocycles. The minimum atomic E-state index is 0.261. The summed E-state index contributed by atoms with van der Waals surface area (Å²) in [6.45, 7) is 32.2. The minimum Gasteiger partial charge on any atom is -0.0649 e. The number of hydrogen-bond donors (Lipinski definition) is 0. The third kappa shape index (κ3) is 2.78. The molecule has 0 saturated carbocycles. The maximum atomic E-state index is 2.56. The summed E-state index contributed by atoms with van der Waals surface area (Å²) in [6, 6.07) is 0.